The van der Waals surface area contributed by atoms with E-state index in [0.29, 0.717) is 6.54 Å². The third-order valence-electron chi connectivity index (χ3n) is 2.54. The van der Waals surface area contributed by atoms with E-state index in [1.165, 1.54) is 29.8 Å². The van der Waals surface area contributed by atoms with Crippen LogP contribution in [0.2, 0.25) is 0 Å². The van der Waals surface area contributed by atoms with E-state index in [9.17, 15) is 13.2 Å². The molecule has 0 radical (unpaired) electrons. The predicted molar refractivity (Wildman–Crippen MR) is 78.5 cm³/mol. The van der Waals surface area contributed by atoms with Crippen LogP contribution in [0.5, 0.6) is 5.75 Å². The van der Waals surface area contributed by atoms with Crippen molar-refractivity contribution in [3.8, 4) is 5.75 Å². The first-order valence-electron chi connectivity index (χ1n) is 6.46. The molecule has 2 aromatic carbocycles. The molecule has 22 heavy (non-hydrogen) atoms. The molecule has 0 heterocycles. The van der Waals surface area contributed by atoms with Gasteiger partial charge >= 0.3 is 6.36 Å². The van der Waals surface area contributed by atoms with Crippen molar-refractivity contribution in [3.63, 3.8) is 0 Å². The van der Waals surface area contributed by atoms with E-state index in [1.54, 1.807) is 0 Å². The maximum atomic E-state index is 11.7. The maximum absolute atomic E-state index is 11.7. The molecule has 2 rings (SSSR count). The molecule has 4 nitrogen and oxygen atoms in total. The number of benzene rings is 2. The smallest absolute Gasteiger partial charge is 0.406 e. The summed E-state index contributed by atoms with van der Waals surface area (Å²) in [5, 5.41) is 0. The van der Waals surface area contributed by atoms with Gasteiger partial charge in [-0.15, -0.1) is 13.2 Å². The number of nitrogens with two attached hydrogens (primary N) is 2. The first-order valence-corrected chi connectivity index (χ1v) is 6.46. The predicted octanol–water partition coefficient (Wildman–Crippen LogP) is 2.69. The van der Waals surface area contributed by atoms with E-state index in [-0.39, 0.29) is 5.75 Å². The summed E-state index contributed by atoms with van der Waals surface area (Å²) in [6.45, 7) is 1.03. The van der Waals surface area contributed by atoms with Crippen LogP contribution in [0.1, 0.15) is 11.1 Å². The molecule has 2 aromatic rings. The lowest BCUT2D eigenvalue weighted by molar-refractivity contribution is -0.274. The number of alkyl halides is 3. The van der Waals surface area contributed by atoms with Crippen LogP contribution in [0.3, 0.4) is 0 Å². The van der Waals surface area contributed by atoms with Gasteiger partial charge in [-0.3, -0.25) is 11.3 Å². The molecule has 0 unspecified atom stereocenters. The maximum Gasteiger partial charge on any atom is 0.573 e. The van der Waals surface area contributed by atoms with Crippen molar-refractivity contribution in [1.29, 1.82) is 0 Å². The number of halogens is 3. The van der Waals surface area contributed by atoms with Gasteiger partial charge in [0.1, 0.15) is 5.75 Å². The summed E-state index contributed by atoms with van der Waals surface area (Å²) in [6.07, 6.45) is -4.63. The van der Waals surface area contributed by atoms with Crippen LogP contribution in [0, 0.1) is 0 Å². The van der Waals surface area contributed by atoms with Crippen LogP contribution in [0.25, 0.3) is 0 Å². The second kappa shape index (κ2) is 9.04. The molecule has 0 bridgehead atoms. The van der Waals surface area contributed by atoms with Crippen molar-refractivity contribution < 1.29 is 17.9 Å². The van der Waals surface area contributed by atoms with Crippen molar-refractivity contribution in [1.82, 2.24) is 5.43 Å². The van der Waals surface area contributed by atoms with Crippen LogP contribution >= 0.6 is 0 Å². The Hall–Kier alpha value is -2.09. The Bertz CT molecular complexity index is 530. The van der Waals surface area contributed by atoms with Crippen LogP contribution in [0.4, 0.5) is 13.2 Å². The topological polar surface area (TPSA) is 73.3 Å². The zero-order chi connectivity index (χ0) is 16.4. The minimum atomic E-state index is -4.63. The van der Waals surface area contributed by atoms with E-state index in [0.717, 1.165) is 12.1 Å². The van der Waals surface area contributed by atoms with E-state index in [2.05, 4.69) is 10.2 Å². The highest BCUT2D eigenvalue weighted by Crippen LogP contribution is 2.22. The van der Waals surface area contributed by atoms with Crippen molar-refractivity contribution in [2.75, 3.05) is 0 Å². The van der Waals surface area contributed by atoms with Crippen molar-refractivity contribution >= 4 is 0 Å². The largest absolute Gasteiger partial charge is 0.573 e. The van der Waals surface area contributed by atoms with Gasteiger partial charge < -0.3 is 10.5 Å². The fraction of sp³-hybridized carbons (Fsp3) is 0.200. The fourth-order valence-corrected chi connectivity index (χ4v) is 1.54. The first kappa shape index (κ1) is 18.0. The Morgan fingerprint density at radius 1 is 0.909 bits per heavy atom. The molecule has 0 atom stereocenters. The fourth-order valence-electron chi connectivity index (χ4n) is 1.54. The van der Waals surface area contributed by atoms with Crippen LogP contribution in [-0.4, -0.2) is 6.36 Å². The number of hydrazine groups is 1. The average molecular weight is 313 g/mol. The van der Waals surface area contributed by atoms with Gasteiger partial charge in [0.2, 0.25) is 0 Å². The standard InChI is InChI=1S/C8H8F3NO.C7H10N2/c9-8(10,11)13-7-3-1-6(5-12)2-4-7;8-9-6-7-4-2-1-3-5-7/h1-4H,5,12H2;1-5,9H,6,8H2. The lowest BCUT2D eigenvalue weighted by Gasteiger charge is -2.08. The van der Waals surface area contributed by atoms with Crippen LogP contribution in [-0.2, 0) is 13.1 Å². The zero-order valence-corrected chi connectivity index (χ0v) is 11.8. The SMILES string of the molecule is NCc1ccc(OC(F)(F)F)cc1.NNCc1ccccc1. The Balaban J connectivity index is 0.000000235. The Kier molecular flexibility index (Phi) is 7.38. The summed E-state index contributed by atoms with van der Waals surface area (Å²) in [5.74, 6) is 4.88. The highest BCUT2D eigenvalue weighted by molar-refractivity contribution is 5.27. The number of nitrogens with one attached hydrogen (secondary N) is 1. The normalized spacial score (nSPS) is 10.6. The van der Waals surface area contributed by atoms with Gasteiger partial charge in [-0.25, -0.2) is 0 Å². The molecule has 0 aliphatic heterocycles. The summed E-state index contributed by atoms with van der Waals surface area (Å²) in [5.41, 5.74) is 9.82. The molecule has 0 aliphatic carbocycles. The molecule has 120 valence electrons. The average Bonchev–Trinajstić information content (AvgIpc) is 2.49. The van der Waals surface area contributed by atoms with Gasteiger partial charge in [0.25, 0.3) is 0 Å². The summed E-state index contributed by atoms with van der Waals surface area (Å²) >= 11 is 0. The van der Waals surface area contributed by atoms with Crippen LogP contribution in [0.15, 0.2) is 54.6 Å². The van der Waals surface area contributed by atoms with Gasteiger partial charge in [0, 0.05) is 13.1 Å². The van der Waals surface area contributed by atoms with E-state index >= 15 is 0 Å². The van der Waals surface area contributed by atoms with Gasteiger partial charge in [0.05, 0.1) is 0 Å². The number of hydrogen-bond acceptors (Lipinski definition) is 4. The third kappa shape index (κ3) is 7.63. The Morgan fingerprint density at radius 2 is 1.50 bits per heavy atom. The second-order valence-corrected chi connectivity index (χ2v) is 4.26. The van der Waals surface area contributed by atoms with Crippen LogP contribution < -0.4 is 21.7 Å². The molecule has 0 saturated heterocycles. The number of hydrogen-bond donors (Lipinski definition) is 3. The summed E-state index contributed by atoms with van der Waals surface area (Å²) < 4.78 is 38.7. The van der Waals surface area contributed by atoms with Crippen molar-refractivity contribution in [2.45, 2.75) is 19.5 Å². The minimum absolute atomic E-state index is 0.232. The highest BCUT2D eigenvalue weighted by atomic mass is 19.4. The zero-order valence-electron chi connectivity index (χ0n) is 11.8. The molecule has 0 fully saturated rings. The first-order chi connectivity index (χ1) is 10.4. The van der Waals surface area contributed by atoms with Crippen molar-refractivity contribution in [3.05, 3.63) is 65.7 Å². The summed E-state index contributed by atoms with van der Waals surface area (Å²) in [4.78, 5) is 0. The highest BCUT2D eigenvalue weighted by Gasteiger charge is 2.30. The summed E-state index contributed by atoms with van der Waals surface area (Å²) in [7, 11) is 0. The molecule has 0 saturated carbocycles. The molecule has 7 heteroatoms. The summed E-state index contributed by atoms with van der Waals surface area (Å²) in [6, 6.07) is 15.5. The molecular formula is C15H18F3N3O. The third-order valence-corrected chi connectivity index (χ3v) is 2.54. The number of rotatable bonds is 4. The van der Waals surface area contributed by atoms with E-state index < -0.39 is 6.36 Å². The molecule has 0 amide bonds. The van der Waals surface area contributed by atoms with Gasteiger partial charge in [0.15, 0.2) is 0 Å². The lowest BCUT2D eigenvalue weighted by atomic mass is 10.2. The quantitative estimate of drug-likeness (QED) is 0.599. The molecule has 0 aliphatic rings. The van der Waals surface area contributed by atoms with E-state index in [1.807, 2.05) is 30.3 Å². The molecule has 0 spiro atoms. The monoisotopic (exact) mass is 313 g/mol. The Morgan fingerprint density at radius 3 is 1.95 bits per heavy atom. The van der Waals surface area contributed by atoms with Gasteiger partial charge in [-0.05, 0) is 23.3 Å². The molecule has 0 aromatic heterocycles. The molecule has 5 N–H and O–H groups in total. The van der Waals surface area contributed by atoms with E-state index in [4.69, 9.17) is 11.6 Å². The number of ether oxygens (including phenoxy) is 1. The van der Waals surface area contributed by atoms with Gasteiger partial charge in [-0.2, -0.15) is 0 Å². The molecular weight excluding hydrogens is 295 g/mol. The van der Waals surface area contributed by atoms with Gasteiger partial charge in [-0.1, -0.05) is 42.5 Å². The minimum Gasteiger partial charge on any atom is -0.406 e. The Labute approximate surface area is 126 Å². The second-order valence-electron chi connectivity index (χ2n) is 4.26. The van der Waals surface area contributed by atoms with Crippen molar-refractivity contribution in [2.24, 2.45) is 11.6 Å². The lowest BCUT2D eigenvalue weighted by Crippen LogP contribution is -2.20.